The summed E-state index contributed by atoms with van der Waals surface area (Å²) in [5.74, 6) is -0.346. The first-order valence-corrected chi connectivity index (χ1v) is 6.70. The Morgan fingerprint density at radius 2 is 2.24 bits per heavy atom. The maximum absolute atomic E-state index is 11.9. The predicted octanol–water partition coefficient (Wildman–Crippen LogP) is 2.25. The van der Waals surface area contributed by atoms with Crippen LogP contribution < -0.4 is 0 Å². The summed E-state index contributed by atoms with van der Waals surface area (Å²) in [6.07, 6.45) is 8.68. The van der Waals surface area contributed by atoms with Crippen LogP contribution in [0.4, 0.5) is 0 Å². The molecule has 0 fully saturated rings. The van der Waals surface area contributed by atoms with E-state index in [0.29, 0.717) is 12.8 Å². The molecule has 4 nitrogen and oxygen atoms in total. The highest BCUT2D eigenvalue weighted by atomic mass is 16.3. The zero-order valence-electron chi connectivity index (χ0n) is 12.3. The highest BCUT2D eigenvalue weighted by Gasteiger charge is 2.30. The maximum atomic E-state index is 11.9. The van der Waals surface area contributed by atoms with Gasteiger partial charge < -0.3 is 10.2 Å². The largest absolute Gasteiger partial charge is 0.504 e. The molecule has 0 saturated carbocycles. The van der Waals surface area contributed by atoms with Gasteiger partial charge in [-0.2, -0.15) is 0 Å². The number of aliphatic hydroxyl groups is 2. The summed E-state index contributed by atoms with van der Waals surface area (Å²) in [4.78, 5) is 23.0. The third-order valence-corrected chi connectivity index (χ3v) is 3.52. The fourth-order valence-electron chi connectivity index (χ4n) is 2.48. The van der Waals surface area contributed by atoms with Crippen LogP contribution in [0.5, 0.6) is 0 Å². The summed E-state index contributed by atoms with van der Waals surface area (Å²) in [5, 5.41) is 19.5. The van der Waals surface area contributed by atoms with E-state index < -0.39 is 22.9 Å². The highest BCUT2D eigenvalue weighted by Crippen LogP contribution is 2.36. The lowest BCUT2D eigenvalue weighted by Crippen LogP contribution is -2.29. The number of carbonyl (C=O) groups is 2. The van der Waals surface area contributed by atoms with Gasteiger partial charge in [-0.1, -0.05) is 23.8 Å². The van der Waals surface area contributed by atoms with Crippen molar-refractivity contribution in [1.82, 2.24) is 0 Å². The lowest BCUT2D eigenvalue weighted by molar-refractivity contribution is -0.116. The molecule has 0 aliphatic heterocycles. The molecule has 4 heteroatoms. The van der Waals surface area contributed by atoms with Gasteiger partial charge in [0.05, 0.1) is 5.60 Å². The number of hydrogen-bond donors (Lipinski definition) is 2. The molecule has 0 aromatic heterocycles. The van der Waals surface area contributed by atoms with E-state index >= 15 is 0 Å². The summed E-state index contributed by atoms with van der Waals surface area (Å²) >= 11 is 0. The van der Waals surface area contributed by atoms with Crippen LogP contribution in [-0.2, 0) is 9.59 Å². The first kappa shape index (κ1) is 16.9. The lowest BCUT2D eigenvalue weighted by atomic mass is 9.76. The Morgan fingerprint density at radius 1 is 1.62 bits per heavy atom. The standard InChI is InChI=1S/C17H20O4/c1-5-15(19)16(20)9-13(18)8-12-10-17(4,21)7-6-14(12)11(2)3/h1,9-10,14,20-21H,2,6-8H2,3-4H3/b16-9+. The number of allylic oxidation sites excluding steroid dienone is 4. The van der Waals surface area contributed by atoms with E-state index in [2.05, 4.69) is 6.58 Å². The normalized spacial score (nSPS) is 25.7. The average Bonchev–Trinajstić information content (AvgIpc) is 2.35. The third-order valence-electron chi connectivity index (χ3n) is 3.52. The number of carbonyl (C=O) groups excluding carboxylic acids is 2. The number of rotatable bonds is 5. The second kappa shape index (κ2) is 6.55. The topological polar surface area (TPSA) is 74.6 Å². The molecular formula is C17H20O4. The molecule has 0 aromatic rings. The molecule has 0 bridgehead atoms. The summed E-state index contributed by atoms with van der Waals surface area (Å²) in [5.41, 5.74) is 0.709. The summed E-state index contributed by atoms with van der Waals surface area (Å²) in [6, 6.07) is 0. The predicted molar refractivity (Wildman–Crippen MR) is 80.4 cm³/mol. The van der Waals surface area contributed by atoms with Gasteiger partial charge >= 0.3 is 0 Å². The smallest absolute Gasteiger partial charge is 0.270 e. The number of aliphatic hydroxyl groups excluding tert-OH is 1. The monoisotopic (exact) mass is 288 g/mol. The highest BCUT2D eigenvalue weighted by molar-refractivity contribution is 6.10. The summed E-state index contributed by atoms with van der Waals surface area (Å²) in [6.45, 7) is 7.46. The first-order valence-electron chi connectivity index (χ1n) is 6.70. The average molecular weight is 288 g/mol. The Bertz CT molecular complexity index is 570. The second-order valence-electron chi connectivity index (χ2n) is 5.66. The van der Waals surface area contributed by atoms with Crippen molar-refractivity contribution < 1.29 is 19.8 Å². The molecule has 2 unspecified atom stereocenters. The molecular weight excluding hydrogens is 268 g/mol. The Balaban J connectivity index is 2.95. The molecule has 0 heterocycles. The Labute approximate surface area is 124 Å². The van der Waals surface area contributed by atoms with Crippen LogP contribution in [0.15, 0.2) is 35.6 Å². The van der Waals surface area contributed by atoms with Gasteiger partial charge in [-0.05, 0) is 32.6 Å². The molecule has 2 atom stereocenters. The quantitative estimate of drug-likeness (QED) is 0.267. The van der Waals surface area contributed by atoms with Crippen molar-refractivity contribution in [3.8, 4) is 12.3 Å². The Kier molecular flexibility index (Phi) is 5.28. The molecule has 1 aliphatic rings. The molecule has 0 aromatic carbocycles. The minimum Gasteiger partial charge on any atom is -0.504 e. The Hall–Kier alpha value is -2.12. The van der Waals surface area contributed by atoms with Crippen LogP contribution >= 0.6 is 0 Å². The zero-order chi connectivity index (χ0) is 16.2. The molecule has 1 rings (SSSR count). The minimum absolute atomic E-state index is 0.00951. The number of terminal acetylenes is 1. The van der Waals surface area contributed by atoms with Gasteiger partial charge in [-0.3, -0.25) is 9.59 Å². The molecule has 2 N–H and O–H groups in total. The third kappa shape index (κ3) is 4.73. The SMILES string of the molecule is C#CC(=O)/C(O)=C\C(=O)CC1=CC(C)(O)CCC1C(=C)C. The van der Waals surface area contributed by atoms with Gasteiger partial charge in [-0.25, -0.2) is 0 Å². The van der Waals surface area contributed by atoms with Gasteiger partial charge in [0.15, 0.2) is 11.5 Å². The number of Topliss-reactive ketones (excluding diaryl/α,β-unsaturated/α-hetero) is 1. The fraction of sp³-hybridized carbons (Fsp3) is 0.412. The van der Waals surface area contributed by atoms with Crippen LogP contribution in [0.2, 0.25) is 0 Å². The van der Waals surface area contributed by atoms with E-state index in [4.69, 9.17) is 6.42 Å². The first-order chi connectivity index (χ1) is 9.66. The van der Waals surface area contributed by atoms with Crippen LogP contribution in [0, 0.1) is 18.3 Å². The van der Waals surface area contributed by atoms with Gasteiger partial charge in [0.25, 0.3) is 5.78 Å². The van der Waals surface area contributed by atoms with Crippen molar-refractivity contribution >= 4 is 11.6 Å². The van der Waals surface area contributed by atoms with E-state index in [9.17, 15) is 19.8 Å². The Morgan fingerprint density at radius 3 is 2.76 bits per heavy atom. The fourth-order valence-corrected chi connectivity index (χ4v) is 2.48. The molecule has 112 valence electrons. The van der Waals surface area contributed by atoms with Crippen molar-refractivity contribution in [2.45, 2.75) is 38.7 Å². The van der Waals surface area contributed by atoms with Crippen molar-refractivity contribution in [3.63, 3.8) is 0 Å². The zero-order valence-corrected chi connectivity index (χ0v) is 12.3. The maximum Gasteiger partial charge on any atom is 0.270 e. The van der Waals surface area contributed by atoms with E-state index in [1.165, 1.54) is 0 Å². The van der Waals surface area contributed by atoms with Crippen LogP contribution in [0.25, 0.3) is 0 Å². The summed E-state index contributed by atoms with van der Waals surface area (Å²) in [7, 11) is 0. The van der Waals surface area contributed by atoms with Gasteiger partial charge in [-0.15, -0.1) is 6.42 Å². The number of hydrogen-bond acceptors (Lipinski definition) is 4. The molecule has 0 amide bonds. The lowest BCUT2D eigenvalue weighted by Gasteiger charge is -2.32. The van der Waals surface area contributed by atoms with E-state index in [0.717, 1.165) is 17.2 Å². The van der Waals surface area contributed by atoms with Crippen molar-refractivity contribution in [3.05, 3.63) is 35.6 Å². The minimum atomic E-state index is -0.956. The van der Waals surface area contributed by atoms with Gasteiger partial charge in [0.2, 0.25) is 0 Å². The van der Waals surface area contributed by atoms with E-state index in [1.807, 2.05) is 6.92 Å². The second-order valence-corrected chi connectivity index (χ2v) is 5.66. The molecule has 0 radical (unpaired) electrons. The van der Waals surface area contributed by atoms with Crippen molar-refractivity contribution in [2.75, 3.05) is 0 Å². The van der Waals surface area contributed by atoms with Gasteiger partial charge in [0, 0.05) is 18.4 Å². The molecule has 21 heavy (non-hydrogen) atoms. The summed E-state index contributed by atoms with van der Waals surface area (Å²) < 4.78 is 0. The number of ketones is 2. The van der Waals surface area contributed by atoms with Gasteiger partial charge in [0.1, 0.15) is 0 Å². The van der Waals surface area contributed by atoms with Crippen LogP contribution in [0.3, 0.4) is 0 Å². The van der Waals surface area contributed by atoms with Crippen LogP contribution in [-0.4, -0.2) is 27.4 Å². The molecule has 0 saturated heterocycles. The van der Waals surface area contributed by atoms with Crippen molar-refractivity contribution in [2.24, 2.45) is 5.92 Å². The van der Waals surface area contributed by atoms with E-state index in [1.54, 1.807) is 18.9 Å². The van der Waals surface area contributed by atoms with E-state index in [-0.39, 0.29) is 12.3 Å². The molecule has 1 aliphatic carbocycles. The molecule has 0 spiro atoms. The van der Waals surface area contributed by atoms with Crippen LogP contribution in [0.1, 0.15) is 33.1 Å². The van der Waals surface area contributed by atoms with Crippen molar-refractivity contribution in [1.29, 1.82) is 0 Å².